The molecule has 1 aromatic heterocycles. The van der Waals surface area contributed by atoms with Crippen molar-refractivity contribution < 1.29 is 0 Å². The van der Waals surface area contributed by atoms with Crippen LogP contribution in [0.1, 0.15) is 61.5 Å². The SMILES string of the molecule is Nc1c(/N=C/[C@@H]2CCCN2)ccc2cc(-c3ccc(-c4cnc([C@@H]5CC6(CC6)CN5)[nH]4)c4c3CCC4)ccc12. The smallest absolute Gasteiger partial charge is 0.123 e. The van der Waals surface area contributed by atoms with E-state index in [1.807, 2.05) is 12.4 Å². The Labute approximate surface area is 229 Å². The summed E-state index contributed by atoms with van der Waals surface area (Å²) in [5.74, 6) is 1.10. The largest absolute Gasteiger partial charge is 0.396 e. The molecule has 5 N–H and O–H groups in total. The number of aromatic nitrogens is 2. The van der Waals surface area contributed by atoms with Gasteiger partial charge in [0.05, 0.1) is 29.3 Å². The van der Waals surface area contributed by atoms with Crippen molar-refractivity contribution in [1.29, 1.82) is 0 Å². The van der Waals surface area contributed by atoms with Crippen LogP contribution in [0.3, 0.4) is 0 Å². The molecule has 0 amide bonds. The van der Waals surface area contributed by atoms with Crippen LogP contribution in [0.15, 0.2) is 53.7 Å². The van der Waals surface area contributed by atoms with E-state index in [4.69, 9.17) is 15.7 Å². The number of imidazole rings is 1. The fourth-order valence-electron chi connectivity index (χ4n) is 7.18. The molecule has 2 saturated heterocycles. The van der Waals surface area contributed by atoms with E-state index in [0.29, 0.717) is 17.5 Å². The van der Waals surface area contributed by atoms with Gasteiger partial charge in [-0.2, -0.15) is 0 Å². The molecule has 0 radical (unpaired) electrons. The highest BCUT2D eigenvalue weighted by Gasteiger charge is 2.49. The van der Waals surface area contributed by atoms with Gasteiger partial charge >= 0.3 is 0 Å². The zero-order valence-corrected chi connectivity index (χ0v) is 22.4. The Morgan fingerprint density at radius 3 is 2.67 bits per heavy atom. The maximum atomic E-state index is 6.58. The zero-order chi connectivity index (χ0) is 26.0. The lowest BCUT2D eigenvalue weighted by Gasteiger charge is -2.14. The van der Waals surface area contributed by atoms with Gasteiger partial charge in [0.25, 0.3) is 0 Å². The molecule has 3 fully saturated rings. The Morgan fingerprint density at radius 1 is 0.974 bits per heavy atom. The molecule has 1 spiro atoms. The lowest BCUT2D eigenvalue weighted by Crippen LogP contribution is -2.22. The predicted octanol–water partition coefficient (Wildman–Crippen LogP) is 6.24. The molecule has 0 bridgehead atoms. The van der Waals surface area contributed by atoms with E-state index >= 15 is 0 Å². The van der Waals surface area contributed by atoms with Crippen molar-refractivity contribution in [3.63, 3.8) is 0 Å². The third kappa shape index (κ3) is 4.09. The summed E-state index contributed by atoms with van der Waals surface area (Å²) in [7, 11) is 0. The lowest BCUT2D eigenvalue weighted by molar-refractivity contribution is 0.543. The second-order valence-electron chi connectivity index (χ2n) is 12.2. The maximum Gasteiger partial charge on any atom is 0.123 e. The van der Waals surface area contributed by atoms with Crippen molar-refractivity contribution in [2.24, 2.45) is 10.4 Å². The number of nitrogens with zero attached hydrogens (tertiary/aromatic N) is 2. The van der Waals surface area contributed by atoms with Gasteiger partial charge < -0.3 is 21.4 Å². The van der Waals surface area contributed by atoms with Crippen molar-refractivity contribution in [3.05, 3.63) is 65.6 Å². The molecule has 1 saturated carbocycles. The second kappa shape index (κ2) is 9.04. The number of nitrogens with one attached hydrogen (secondary N) is 3. The van der Waals surface area contributed by atoms with Crippen LogP contribution < -0.4 is 16.4 Å². The van der Waals surface area contributed by atoms with E-state index in [1.165, 1.54) is 59.9 Å². The minimum Gasteiger partial charge on any atom is -0.396 e. The van der Waals surface area contributed by atoms with Crippen molar-refractivity contribution in [2.75, 3.05) is 18.8 Å². The van der Waals surface area contributed by atoms with Gasteiger partial charge in [0.2, 0.25) is 0 Å². The third-order valence-electron chi connectivity index (χ3n) is 9.66. The van der Waals surface area contributed by atoms with Crippen LogP contribution >= 0.6 is 0 Å². The molecule has 4 aliphatic rings. The highest BCUT2D eigenvalue weighted by Crippen LogP contribution is 2.54. The van der Waals surface area contributed by atoms with Gasteiger partial charge in [0.1, 0.15) is 5.82 Å². The van der Waals surface area contributed by atoms with Crippen molar-refractivity contribution >= 4 is 28.4 Å². The summed E-state index contributed by atoms with van der Waals surface area (Å²) in [4.78, 5) is 13.2. The van der Waals surface area contributed by atoms with Crippen molar-refractivity contribution in [2.45, 2.75) is 63.5 Å². The number of fused-ring (bicyclic) bond motifs is 2. The van der Waals surface area contributed by atoms with Crippen molar-refractivity contribution in [3.8, 4) is 22.4 Å². The molecule has 198 valence electrons. The molecule has 0 unspecified atom stereocenters. The summed E-state index contributed by atoms with van der Waals surface area (Å²) in [5.41, 5.74) is 16.8. The Hall–Kier alpha value is -3.48. The quantitative estimate of drug-likeness (QED) is 0.187. The maximum absolute atomic E-state index is 6.58. The molecule has 8 rings (SSSR count). The van der Waals surface area contributed by atoms with E-state index < -0.39 is 0 Å². The molecule has 39 heavy (non-hydrogen) atoms. The van der Waals surface area contributed by atoms with E-state index in [2.05, 4.69) is 58.1 Å². The molecule has 6 nitrogen and oxygen atoms in total. The highest BCUT2D eigenvalue weighted by atomic mass is 15.1. The number of benzene rings is 3. The van der Waals surface area contributed by atoms with Crippen LogP contribution in [0.2, 0.25) is 0 Å². The van der Waals surface area contributed by atoms with E-state index in [0.717, 1.165) is 66.0 Å². The molecular weight excluding hydrogens is 480 g/mol. The van der Waals surface area contributed by atoms with Crippen LogP contribution in [0.25, 0.3) is 33.2 Å². The van der Waals surface area contributed by atoms with Gasteiger partial charge in [-0.25, -0.2) is 4.98 Å². The number of rotatable bonds is 5. The fraction of sp³-hybridized carbons (Fsp3) is 0.394. The van der Waals surface area contributed by atoms with Gasteiger partial charge in [-0.15, -0.1) is 0 Å². The fourth-order valence-corrected chi connectivity index (χ4v) is 7.18. The van der Waals surface area contributed by atoms with Crippen LogP contribution in [0, 0.1) is 5.41 Å². The number of nitrogen functional groups attached to an aromatic ring is 1. The molecule has 3 aromatic carbocycles. The van der Waals surface area contributed by atoms with Crippen LogP contribution in [-0.2, 0) is 12.8 Å². The zero-order valence-electron chi connectivity index (χ0n) is 22.4. The first-order valence-electron chi connectivity index (χ1n) is 14.7. The number of hydrogen-bond donors (Lipinski definition) is 4. The predicted molar refractivity (Wildman–Crippen MR) is 160 cm³/mol. The Morgan fingerprint density at radius 2 is 1.85 bits per heavy atom. The number of aliphatic imine (C=N–C) groups is 1. The first-order valence-corrected chi connectivity index (χ1v) is 14.7. The Bertz CT molecular complexity index is 1600. The summed E-state index contributed by atoms with van der Waals surface area (Å²) < 4.78 is 0. The number of anilines is 1. The van der Waals surface area contributed by atoms with Crippen LogP contribution in [0.4, 0.5) is 11.4 Å². The summed E-state index contributed by atoms with van der Waals surface area (Å²) >= 11 is 0. The average Bonchev–Trinajstić information content (AvgIpc) is 3.52. The lowest BCUT2D eigenvalue weighted by atomic mass is 9.91. The molecule has 2 atom stereocenters. The summed E-state index contributed by atoms with van der Waals surface area (Å²) in [5, 5.41) is 9.40. The molecule has 6 heteroatoms. The Kier molecular flexibility index (Phi) is 5.42. The van der Waals surface area contributed by atoms with Gasteiger partial charge in [-0.3, -0.25) is 4.99 Å². The molecule has 4 aromatic rings. The minimum absolute atomic E-state index is 0.357. The number of hydrogen-bond acceptors (Lipinski definition) is 5. The Balaban J connectivity index is 1.10. The van der Waals surface area contributed by atoms with Crippen LogP contribution in [-0.4, -0.2) is 35.3 Å². The van der Waals surface area contributed by atoms with Gasteiger partial charge in [-0.1, -0.05) is 30.3 Å². The van der Waals surface area contributed by atoms with E-state index in [1.54, 1.807) is 0 Å². The third-order valence-corrected chi connectivity index (χ3v) is 9.66. The van der Waals surface area contributed by atoms with Gasteiger partial charge in [0, 0.05) is 29.8 Å². The second-order valence-corrected chi connectivity index (χ2v) is 12.2. The standard InChI is InChI=1S/C33H36N6/c34-31-24-8-6-20(15-21(24)7-11-28(31)36-17-22-3-2-14-35-22)23-9-10-27(26-5-1-4-25(23)26)30-18-37-32(39-30)29-16-33(12-13-33)19-38-29/h6-11,15,17-18,22,29,35,38H,1-5,12-14,16,19,34H2,(H,37,39)/b36-17+/t22-,29-/m0/s1. The van der Waals surface area contributed by atoms with E-state index in [9.17, 15) is 0 Å². The summed E-state index contributed by atoms with van der Waals surface area (Å²) in [6.45, 7) is 2.21. The molecule has 2 aliphatic heterocycles. The minimum atomic E-state index is 0.357. The normalized spacial score (nSPS) is 23.4. The molecule has 3 heterocycles. The monoisotopic (exact) mass is 516 g/mol. The van der Waals surface area contributed by atoms with Crippen LogP contribution in [0.5, 0.6) is 0 Å². The van der Waals surface area contributed by atoms with Gasteiger partial charge in [0.15, 0.2) is 0 Å². The average molecular weight is 517 g/mol. The number of aromatic amines is 1. The summed E-state index contributed by atoms with van der Waals surface area (Å²) in [6.07, 6.45) is 13.8. The van der Waals surface area contributed by atoms with E-state index in [-0.39, 0.29) is 0 Å². The number of H-pyrrole nitrogens is 1. The van der Waals surface area contributed by atoms with Gasteiger partial charge in [-0.05, 0) is 103 Å². The molecule has 2 aliphatic carbocycles. The van der Waals surface area contributed by atoms with Crippen molar-refractivity contribution in [1.82, 2.24) is 20.6 Å². The first-order chi connectivity index (χ1) is 19.2. The highest BCUT2D eigenvalue weighted by molar-refractivity contribution is 6.01. The summed E-state index contributed by atoms with van der Waals surface area (Å²) in [6, 6.07) is 16.2. The molecular formula is C33H36N6. The number of nitrogens with two attached hydrogens (primary N) is 1. The topological polar surface area (TPSA) is 91.1 Å². The first kappa shape index (κ1) is 23.4.